The average molecular weight is 463 g/mol. The summed E-state index contributed by atoms with van der Waals surface area (Å²) in [6.45, 7) is 6.89. The predicted octanol–water partition coefficient (Wildman–Crippen LogP) is 2.32. The summed E-state index contributed by atoms with van der Waals surface area (Å²) in [4.78, 5) is 33.2. The molecular weight excluding hydrogens is 428 g/mol. The van der Waals surface area contributed by atoms with Crippen LogP contribution in [0.1, 0.15) is 43.0 Å². The smallest absolute Gasteiger partial charge is 0.254 e. The van der Waals surface area contributed by atoms with Gasteiger partial charge in [-0.05, 0) is 56.7 Å². The maximum absolute atomic E-state index is 12.7. The molecule has 4 rings (SSSR count). The predicted molar refractivity (Wildman–Crippen MR) is 126 cm³/mol. The lowest BCUT2D eigenvalue weighted by Gasteiger charge is -2.44. The van der Waals surface area contributed by atoms with Crippen molar-refractivity contribution >= 4 is 29.1 Å². The number of nitrogens with zero attached hydrogens (tertiary/aromatic N) is 4. The van der Waals surface area contributed by atoms with Gasteiger partial charge in [0.25, 0.3) is 11.8 Å². The van der Waals surface area contributed by atoms with Gasteiger partial charge in [0.15, 0.2) is 0 Å². The second-order valence-electron chi connectivity index (χ2n) is 9.83. The van der Waals surface area contributed by atoms with Crippen molar-refractivity contribution < 1.29 is 14.7 Å². The number of amides is 2. The van der Waals surface area contributed by atoms with E-state index in [4.69, 9.17) is 11.6 Å². The van der Waals surface area contributed by atoms with E-state index in [9.17, 15) is 14.7 Å². The molecule has 0 unspecified atom stereocenters. The molecule has 2 amide bonds. The minimum absolute atomic E-state index is 0.0867. The maximum Gasteiger partial charge on any atom is 0.254 e. The van der Waals surface area contributed by atoms with E-state index in [0.29, 0.717) is 16.6 Å². The van der Waals surface area contributed by atoms with Crippen molar-refractivity contribution in [3.8, 4) is 0 Å². The third kappa shape index (κ3) is 4.75. The summed E-state index contributed by atoms with van der Waals surface area (Å²) in [5.74, 6) is -0.0319. The monoisotopic (exact) mass is 462 g/mol. The largest absolute Gasteiger partial charge is 0.380 e. The molecule has 1 aliphatic carbocycles. The zero-order valence-electron chi connectivity index (χ0n) is 19.4. The lowest BCUT2D eigenvalue weighted by atomic mass is 9.95. The average Bonchev–Trinajstić information content (AvgIpc) is 3.64. The van der Waals surface area contributed by atoms with E-state index in [0.717, 1.165) is 70.6 Å². The number of aliphatic hydroxyl groups is 1. The number of rotatable bonds is 5. The SMILES string of the molecule is CN(C)C(=O)c1ccc(N2CCN(C3CCN(C(=O)[C@](C)(O)C4CC4)CC3)CC2)cc1Cl. The second kappa shape index (κ2) is 9.20. The van der Waals surface area contributed by atoms with Crippen LogP contribution < -0.4 is 4.90 Å². The Hall–Kier alpha value is -1.83. The molecule has 0 radical (unpaired) electrons. The van der Waals surface area contributed by atoms with Gasteiger partial charge in [0.2, 0.25) is 0 Å². The maximum atomic E-state index is 12.7. The fourth-order valence-corrected chi connectivity index (χ4v) is 5.29. The molecule has 32 heavy (non-hydrogen) atoms. The molecule has 1 saturated carbocycles. The van der Waals surface area contributed by atoms with Crippen molar-refractivity contribution in [2.24, 2.45) is 5.92 Å². The van der Waals surface area contributed by atoms with Gasteiger partial charge in [-0.25, -0.2) is 0 Å². The number of hydrogen-bond donors (Lipinski definition) is 1. The van der Waals surface area contributed by atoms with Gasteiger partial charge in [0.05, 0.1) is 10.6 Å². The van der Waals surface area contributed by atoms with Gasteiger partial charge in [-0.15, -0.1) is 0 Å². The molecule has 0 bridgehead atoms. The fraction of sp³-hybridized carbons (Fsp3) is 0.667. The van der Waals surface area contributed by atoms with Crippen LogP contribution in [0.15, 0.2) is 18.2 Å². The number of likely N-dealkylation sites (tertiary alicyclic amines) is 1. The van der Waals surface area contributed by atoms with E-state index < -0.39 is 5.60 Å². The van der Waals surface area contributed by atoms with Gasteiger partial charge in [0, 0.05) is 65.1 Å². The molecule has 0 aromatic heterocycles. The molecule has 1 aromatic rings. The summed E-state index contributed by atoms with van der Waals surface area (Å²) in [6, 6.07) is 6.17. The minimum Gasteiger partial charge on any atom is -0.380 e. The van der Waals surface area contributed by atoms with Crippen molar-refractivity contribution in [1.82, 2.24) is 14.7 Å². The van der Waals surface area contributed by atoms with Crippen LogP contribution in [0.25, 0.3) is 0 Å². The Morgan fingerprint density at radius 1 is 1.03 bits per heavy atom. The first-order valence-electron chi connectivity index (χ1n) is 11.7. The molecule has 8 heteroatoms. The van der Waals surface area contributed by atoms with Crippen molar-refractivity contribution in [1.29, 1.82) is 0 Å². The Balaban J connectivity index is 1.28. The van der Waals surface area contributed by atoms with Crippen LogP contribution in [0.2, 0.25) is 5.02 Å². The van der Waals surface area contributed by atoms with Gasteiger partial charge < -0.3 is 19.8 Å². The van der Waals surface area contributed by atoms with Crippen LogP contribution in [-0.4, -0.2) is 96.6 Å². The summed E-state index contributed by atoms with van der Waals surface area (Å²) in [5.41, 5.74) is 0.389. The highest BCUT2D eigenvalue weighted by atomic mass is 35.5. The first-order valence-corrected chi connectivity index (χ1v) is 12.1. The molecule has 3 aliphatic rings. The minimum atomic E-state index is -1.19. The second-order valence-corrected chi connectivity index (χ2v) is 10.2. The highest BCUT2D eigenvalue weighted by Gasteiger charge is 2.48. The van der Waals surface area contributed by atoms with E-state index >= 15 is 0 Å². The van der Waals surface area contributed by atoms with Gasteiger partial charge in [0.1, 0.15) is 5.60 Å². The van der Waals surface area contributed by atoms with Crippen molar-refractivity contribution in [2.45, 2.75) is 44.2 Å². The van der Waals surface area contributed by atoms with Gasteiger partial charge in [-0.3, -0.25) is 14.5 Å². The first kappa shape index (κ1) is 23.3. The molecule has 2 heterocycles. The number of anilines is 1. The number of carbonyl (C=O) groups excluding carboxylic acids is 2. The molecule has 0 spiro atoms. The first-order chi connectivity index (χ1) is 15.2. The van der Waals surface area contributed by atoms with Gasteiger partial charge in [-0.2, -0.15) is 0 Å². The van der Waals surface area contributed by atoms with Crippen LogP contribution in [-0.2, 0) is 4.79 Å². The molecule has 7 nitrogen and oxygen atoms in total. The summed E-state index contributed by atoms with van der Waals surface area (Å²) in [7, 11) is 3.45. The molecule has 1 atom stereocenters. The summed E-state index contributed by atoms with van der Waals surface area (Å²) < 4.78 is 0. The molecule has 2 saturated heterocycles. The Labute approximate surface area is 195 Å². The van der Waals surface area contributed by atoms with Crippen molar-refractivity contribution in [3.63, 3.8) is 0 Å². The number of hydrogen-bond acceptors (Lipinski definition) is 5. The highest BCUT2D eigenvalue weighted by molar-refractivity contribution is 6.34. The Bertz CT molecular complexity index is 855. The molecular formula is C24H35ClN4O3. The van der Waals surface area contributed by atoms with E-state index in [2.05, 4.69) is 9.80 Å². The van der Waals surface area contributed by atoms with Crippen LogP contribution in [0, 0.1) is 5.92 Å². The summed E-state index contributed by atoms with van der Waals surface area (Å²) in [5, 5.41) is 11.1. The standard InChI is InChI=1S/C24H35ClN4O3/c1-24(32,17-4-5-17)23(31)29-10-8-18(9-11-29)27-12-14-28(15-13-27)19-6-7-20(21(25)16-19)22(30)26(2)3/h6-7,16-18,32H,4-5,8-15H2,1-3H3/t24-/m1/s1. The van der Waals surface area contributed by atoms with Gasteiger partial charge in [-0.1, -0.05) is 11.6 Å². The number of carbonyl (C=O) groups is 2. The van der Waals surface area contributed by atoms with E-state index in [1.807, 2.05) is 23.1 Å². The molecule has 176 valence electrons. The summed E-state index contributed by atoms with van der Waals surface area (Å²) >= 11 is 6.40. The molecule has 3 fully saturated rings. The van der Waals surface area contributed by atoms with Crippen LogP contribution in [0.3, 0.4) is 0 Å². The molecule has 1 N–H and O–H groups in total. The third-order valence-corrected chi connectivity index (χ3v) is 7.65. The van der Waals surface area contributed by atoms with Crippen LogP contribution in [0.5, 0.6) is 0 Å². The number of halogens is 1. The van der Waals surface area contributed by atoms with Crippen LogP contribution in [0.4, 0.5) is 5.69 Å². The molecule has 2 aliphatic heterocycles. The number of benzene rings is 1. The quantitative estimate of drug-likeness (QED) is 0.727. The van der Waals surface area contributed by atoms with Crippen molar-refractivity contribution in [2.75, 3.05) is 58.3 Å². The van der Waals surface area contributed by atoms with E-state index in [1.165, 1.54) is 4.90 Å². The lowest BCUT2D eigenvalue weighted by Crippen LogP contribution is -2.56. The molecule has 1 aromatic carbocycles. The van der Waals surface area contributed by atoms with E-state index in [-0.39, 0.29) is 17.7 Å². The Morgan fingerprint density at radius 2 is 1.66 bits per heavy atom. The topological polar surface area (TPSA) is 67.3 Å². The Morgan fingerprint density at radius 3 is 2.19 bits per heavy atom. The number of piperazine rings is 1. The zero-order chi connectivity index (χ0) is 23.0. The van der Waals surface area contributed by atoms with Crippen LogP contribution >= 0.6 is 11.6 Å². The third-order valence-electron chi connectivity index (χ3n) is 7.34. The fourth-order valence-electron chi connectivity index (χ4n) is 5.03. The zero-order valence-corrected chi connectivity index (χ0v) is 20.1. The summed E-state index contributed by atoms with van der Waals surface area (Å²) in [6.07, 6.45) is 3.83. The van der Waals surface area contributed by atoms with E-state index in [1.54, 1.807) is 21.0 Å². The van der Waals surface area contributed by atoms with Crippen molar-refractivity contribution in [3.05, 3.63) is 28.8 Å². The van der Waals surface area contributed by atoms with Gasteiger partial charge >= 0.3 is 0 Å². The number of piperidine rings is 1. The normalized spacial score (nSPS) is 22.5. The lowest BCUT2D eigenvalue weighted by molar-refractivity contribution is -0.153. The highest BCUT2D eigenvalue weighted by Crippen LogP contribution is 2.40. The Kier molecular flexibility index (Phi) is 6.71.